The minimum absolute atomic E-state index is 0.00651. The Morgan fingerprint density at radius 1 is 1.10 bits per heavy atom. The second-order valence-electron chi connectivity index (χ2n) is 7.75. The van der Waals surface area contributed by atoms with Crippen LogP contribution in [0.3, 0.4) is 0 Å². The topological polar surface area (TPSA) is 62.3 Å². The fraction of sp³-hybridized carbons (Fsp3) is 0.409. The van der Waals surface area contributed by atoms with Crippen molar-refractivity contribution in [3.8, 4) is 0 Å². The Morgan fingerprint density at radius 2 is 1.86 bits per heavy atom. The zero-order valence-electron chi connectivity index (χ0n) is 16.0. The molecule has 0 bridgehead atoms. The number of nitrogens with zero attached hydrogens (tertiary/aromatic N) is 2. The van der Waals surface area contributed by atoms with Crippen LogP contribution >= 0.6 is 11.6 Å². The summed E-state index contributed by atoms with van der Waals surface area (Å²) in [7, 11) is 0. The van der Waals surface area contributed by atoms with Crippen molar-refractivity contribution < 1.29 is 14.0 Å². The van der Waals surface area contributed by atoms with E-state index < -0.39 is 11.7 Å². The number of nitrogens with one attached hydrogen (secondary N) is 1. The molecule has 1 aliphatic heterocycles. The Labute approximate surface area is 174 Å². The molecule has 2 aromatic rings. The summed E-state index contributed by atoms with van der Waals surface area (Å²) in [6, 6.07) is 9.48. The molecule has 0 spiro atoms. The standard InChI is InChI=1S/C22H23ClFN3O2/c23-15-7-8-17(18(24)13-15)22(29)26-20-6-2-5-19(25-20)21(28)14-9-11-27(12-10-14)16-3-1-4-16/h2,5-8,13-14,16H,1,3-4,9-12H2,(H,25,26,29). The highest BCUT2D eigenvalue weighted by atomic mass is 35.5. The highest BCUT2D eigenvalue weighted by molar-refractivity contribution is 6.30. The van der Waals surface area contributed by atoms with E-state index >= 15 is 0 Å². The molecule has 0 radical (unpaired) electrons. The van der Waals surface area contributed by atoms with Crippen molar-refractivity contribution in [1.29, 1.82) is 0 Å². The second-order valence-corrected chi connectivity index (χ2v) is 8.18. The summed E-state index contributed by atoms with van der Waals surface area (Å²) in [6.07, 6.45) is 5.53. The third-order valence-corrected chi connectivity index (χ3v) is 6.15. The number of pyridine rings is 1. The van der Waals surface area contributed by atoms with Crippen LogP contribution in [0.2, 0.25) is 5.02 Å². The van der Waals surface area contributed by atoms with Gasteiger partial charge in [-0.05, 0) is 69.1 Å². The molecule has 2 aliphatic rings. The Bertz CT molecular complexity index is 924. The number of ketones is 1. The molecule has 1 aliphatic carbocycles. The van der Waals surface area contributed by atoms with Gasteiger partial charge in [0.25, 0.3) is 5.91 Å². The van der Waals surface area contributed by atoms with Gasteiger partial charge in [-0.3, -0.25) is 9.59 Å². The molecule has 7 heteroatoms. The Kier molecular flexibility index (Phi) is 5.92. The molecule has 1 aromatic carbocycles. The van der Waals surface area contributed by atoms with E-state index in [1.807, 2.05) is 0 Å². The van der Waals surface area contributed by atoms with Gasteiger partial charge >= 0.3 is 0 Å². The van der Waals surface area contributed by atoms with Gasteiger partial charge in [-0.15, -0.1) is 0 Å². The Morgan fingerprint density at radius 3 is 2.52 bits per heavy atom. The number of aromatic nitrogens is 1. The second kappa shape index (κ2) is 8.59. The van der Waals surface area contributed by atoms with Crippen LogP contribution in [-0.4, -0.2) is 40.7 Å². The third-order valence-electron chi connectivity index (χ3n) is 5.91. The first-order chi connectivity index (χ1) is 14.0. The number of amides is 1. The summed E-state index contributed by atoms with van der Waals surface area (Å²) >= 11 is 5.72. The number of Topliss-reactive ketones (excluding diaryl/α,β-unsaturated/α-hetero) is 1. The largest absolute Gasteiger partial charge is 0.306 e. The van der Waals surface area contributed by atoms with E-state index in [4.69, 9.17) is 11.6 Å². The third kappa shape index (κ3) is 4.49. The van der Waals surface area contributed by atoms with Gasteiger partial charge in [0, 0.05) is 17.0 Å². The van der Waals surface area contributed by atoms with Crippen LogP contribution in [0.5, 0.6) is 0 Å². The molecule has 1 saturated carbocycles. The lowest BCUT2D eigenvalue weighted by Gasteiger charge is -2.41. The number of carbonyl (C=O) groups excluding carboxylic acids is 2. The molecular formula is C22H23ClFN3O2. The molecular weight excluding hydrogens is 393 g/mol. The zero-order valence-corrected chi connectivity index (χ0v) is 16.8. The summed E-state index contributed by atoms with van der Waals surface area (Å²) in [5.41, 5.74) is 0.206. The van der Waals surface area contributed by atoms with Gasteiger partial charge in [0.05, 0.1) is 5.56 Å². The van der Waals surface area contributed by atoms with Gasteiger partial charge in [0.2, 0.25) is 0 Å². The van der Waals surface area contributed by atoms with Crippen LogP contribution in [0, 0.1) is 11.7 Å². The molecule has 1 amide bonds. The number of hydrogen-bond donors (Lipinski definition) is 1. The molecule has 1 aromatic heterocycles. The smallest absolute Gasteiger partial charge is 0.259 e. The van der Waals surface area contributed by atoms with Crippen LogP contribution in [0.25, 0.3) is 0 Å². The number of hydrogen-bond acceptors (Lipinski definition) is 4. The highest BCUT2D eigenvalue weighted by Gasteiger charge is 2.32. The predicted molar refractivity (Wildman–Crippen MR) is 110 cm³/mol. The van der Waals surface area contributed by atoms with Gasteiger partial charge in [0.15, 0.2) is 5.78 Å². The molecule has 2 heterocycles. The minimum Gasteiger partial charge on any atom is -0.306 e. The van der Waals surface area contributed by atoms with E-state index in [2.05, 4.69) is 15.2 Å². The summed E-state index contributed by atoms with van der Waals surface area (Å²) in [5.74, 6) is -1.15. The summed E-state index contributed by atoms with van der Waals surface area (Å²) < 4.78 is 13.9. The van der Waals surface area contributed by atoms with Crippen LogP contribution < -0.4 is 5.32 Å². The van der Waals surface area contributed by atoms with E-state index in [1.54, 1.807) is 18.2 Å². The van der Waals surface area contributed by atoms with Crippen molar-refractivity contribution in [3.05, 3.63) is 58.5 Å². The SMILES string of the molecule is O=C(Nc1cccc(C(=O)C2CCN(C3CCC3)CC2)n1)c1ccc(Cl)cc1F. The van der Waals surface area contributed by atoms with Gasteiger partial charge < -0.3 is 10.2 Å². The van der Waals surface area contributed by atoms with Gasteiger partial charge in [-0.1, -0.05) is 24.1 Å². The minimum atomic E-state index is -0.708. The fourth-order valence-electron chi connectivity index (χ4n) is 3.99. The summed E-state index contributed by atoms with van der Waals surface area (Å²) in [4.78, 5) is 32.0. The normalized spacial score (nSPS) is 18.3. The van der Waals surface area contributed by atoms with E-state index in [0.29, 0.717) is 11.7 Å². The molecule has 2 fully saturated rings. The zero-order chi connectivity index (χ0) is 20.4. The quantitative estimate of drug-likeness (QED) is 0.726. The van der Waals surface area contributed by atoms with Crippen molar-refractivity contribution in [1.82, 2.24) is 9.88 Å². The van der Waals surface area contributed by atoms with Crippen molar-refractivity contribution in [3.63, 3.8) is 0 Å². The Hall–Kier alpha value is -2.31. The number of rotatable bonds is 5. The highest BCUT2D eigenvalue weighted by Crippen LogP contribution is 2.30. The van der Waals surface area contributed by atoms with E-state index in [1.165, 1.54) is 31.4 Å². The fourth-order valence-corrected chi connectivity index (χ4v) is 4.15. The molecule has 0 unspecified atom stereocenters. The van der Waals surface area contributed by atoms with Gasteiger partial charge in [-0.2, -0.15) is 0 Å². The average molecular weight is 416 g/mol. The molecule has 5 nitrogen and oxygen atoms in total. The van der Waals surface area contributed by atoms with Crippen molar-refractivity contribution >= 4 is 29.1 Å². The molecule has 0 atom stereocenters. The van der Waals surface area contributed by atoms with Gasteiger partial charge in [0.1, 0.15) is 17.3 Å². The maximum Gasteiger partial charge on any atom is 0.259 e. The van der Waals surface area contributed by atoms with Crippen molar-refractivity contribution in [2.24, 2.45) is 5.92 Å². The predicted octanol–water partition coefficient (Wildman–Crippen LogP) is 4.57. The molecule has 29 heavy (non-hydrogen) atoms. The first-order valence-corrected chi connectivity index (χ1v) is 10.4. The monoisotopic (exact) mass is 415 g/mol. The number of likely N-dealkylation sites (tertiary alicyclic amines) is 1. The van der Waals surface area contributed by atoms with Crippen molar-refractivity contribution in [2.75, 3.05) is 18.4 Å². The van der Waals surface area contributed by atoms with Gasteiger partial charge in [-0.25, -0.2) is 9.37 Å². The Balaban J connectivity index is 1.40. The van der Waals surface area contributed by atoms with Crippen molar-refractivity contribution in [2.45, 2.75) is 38.1 Å². The number of carbonyl (C=O) groups is 2. The maximum absolute atomic E-state index is 13.9. The lowest BCUT2D eigenvalue weighted by molar-refractivity contribution is 0.0668. The molecule has 1 saturated heterocycles. The molecule has 4 rings (SSSR count). The summed E-state index contributed by atoms with van der Waals surface area (Å²) in [5, 5.41) is 2.78. The first kappa shape index (κ1) is 20.0. The number of piperidine rings is 1. The van der Waals surface area contributed by atoms with Crippen LogP contribution in [0.15, 0.2) is 36.4 Å². The lowest BCUT2D eigenvalue weighted by atomic mass is 9.86. The number of halogens is 2. The van der Waals surface area contributed by atoms with E-state index in [-0.39, 0.29) is 28.1 Å². The molecule has 1 N–H and O–H groups in total. The number of benzene rings is 1. The van der Waals surface area contributed by atoms with Crippen LogP contribution in [-0.2, 0) is 0 Å². The van der Waals surface area contributed by atoms with E-state index in [0.717, 1.165) is 32.0 Å². The van der Waals surface area contributed by atoms with E-state index in [9.17, 15) is 14.0 Å². The molecule has 152 valence electrons. The lowest BCUT2D eigenvalue weighted by Crippen LogP contribution is -2.45. The first-order valence-electron chi connectivity index (χ1n) is 10.0. The van der Waals surface area contributed by atoms with Crippen LogP contribution in [0.4, 0.5) is 10.2 Å². The maximum atomic E-state index is 13.9. The average Bonchev–Trinajstić information content (AvgIpc) is 2.67. The number of anilines is 1. The van der Waals surface area contributed by atoms with Crippen LogP contribution in [0.1, 0.15) is 53.0 Å². The summed E-state index contributed by atoms with van der Waals surface area (Å²) in [6.45, 7) is 1.90.